The Bertz CT molecular complexity index is 1160. The van der Waals surface area contributed by atoms with Crippen LogP contribution < -0.4 is 5.32 Å². The number of anilines is 2. The number of hydrogen-bond acceptors (Lipinski definition) is 4. The topological polar surface area (TPSA) is 62.3 Å². The van der Waals surface area contributed by atoms with E-state index in [-0.39, 0.29) is 10.4 Å². The van der Waals surface area contributed by atoms with Crippen molar-refractivity contribution in [3.05, 3.63) is 59.8 Å². The monoisotopic (exact) mass is 437 g/mol. The molecular weight excluding hydrogens is 415 g/mol. The summed E-state index contributed by atoms with van der Waals surface area (Å²) >= 11 is 0. The van der Waals surface area contributed by atoms with E-state index in [9.17, 15) is 21.6 Å². The van der Waals surface area contributed by atoms with Gasteiger partial charge in [-0.2, -0.15) is 17.5 Å². The van der Waals surface area contributed by atoms with Crippen LogP contribution in [-0.4, -0.2) is 30.8 Å². The molecule has 5 nitrogen and oxygen atoms in total. The summed E-state index contributed by atoms with van der Waals surface area (Å²) < 4.78 is 65.6. The summed E-state index contributed by atoms with van der Waals surface area (Å²) in [5.74, 6) is 0. The first-order valence-electron chi connectivity index (χ1n) is 9.42. The fourth-order valence-electron chi connectivity index (χ4n) is 3.22. The second-order valence-electron chi connectivity index (χ2n) is 6.78. The summed E-state index contributed by atoms with van der Waals surface area (Å²) in [6.45, 7) is 6.00. The second kappa shape index (κ2) is 8.23. The lowest BCUT2D eigenvalue weighted by atomic mass is 10.1. The first-order chi connectivity index (χ1) is 14.1. The van der Waals surface area contributed by atoms with E-state index in [0.717, 1.165) is 12.1 Å². The molecule has 0 saturated heterocycles. The zero-order valence-corrected chi connectivity index (χ0v) is 17.6. The first-order valence-corrected chi connectivity index (χ1v) is 10.9. The third-order valence-corrected chi connectivity index (χ3v) is 6.81. The molecule has 1 aromatic heterocycles. The van der Waals surface area contributed by atoms with Crippen LogP contribution in [0.2, 0.25) is 0 Å². The van der Waals surface area contributed by atoms with Crippen LogP contribution in [-0.2, 0) is 16.2 Å². The third kappa shape index (κ3) is 4.41. The number of aromatic nitrogens is 1. The summed E-state index contributed by atoms with van der Waals surface area (Å²) in [6.07, 6.45) is -4.45. The molecule has 9 heteroatoms. The van der Waals surface area contributed by atoms with Crippen molar-refractivity contribution in [2.75, 3.05) is 18.4 Å². The van der Waals surface area contributed by atoms with Crippen molar-refractivity contribution in [2.24, 2.45) is 0 Å². The van der Waals surface area contributed by atoms with Crippen LogP contribution in [0.25, 0.3) is 10.9 Å². The number of rotatable bonds is 6. The third-order valence-electron chi connectivity index (χ3n) is 4.74. The molecule has 0 saturated carbocycles. The van der Waals surface area contributed by atoms with E-state index in [4.69, 9.17) is 0 Å². The van der Waals surface area contributed by atoms with Gasteiger partial charge in [-0.15, -0.1) is 0 Å². The van der Waals surface area contributed by atoms with Gasteiger partial charge in [0.15, 0.2) is 0 Å². The molecule has 2 aromatic carbocycles. The molecule has 0 bridgehead atoms. The molecule has 1 heterocycles. The lowest BCUT2D eigenvalue weighted by Gasteiger charge is -2.18. The lowest BCUT2D eigenvalue weighted by molar-refractivity contribution is -0.137. The summed E-state index contributed by atoms with van der Waals surface area (Å²) in [7, 11) is -3.56. The Morgan fingerprint density at radius 1 is 1.00 bits per heavy atom. The van der Waals surface area contributed by atoms with Gasteiger partial charge in [0.1, 0.15) is 0 Å². The molecule has 0 radical (unpaired) electrons. The zero-order chi connectivity index (χ0) is 22.1. The normalized spacial score (nSPS) is 12.5. The molecule has 0 aliphatic heterocycles. The number of halogens is 3. The van der Waals surface area contributed by atoms with Crippen LogP contribution in [0.3, 0.4) is 0 Å². The van der Waals surface area contributed by atoms with Crippen LogP contribution in [0.5, 0.6) is 0 Å². The highest BCUT2D eigenvalue weighted by Crippen LogP contribution is 2.34. The van der Waals surface area contributed by atoms with Crippen LogP contribution >= 0.6 is 0 Å². The summed E-state index contributed by atoms with van der Waals surface area (Å²) in [6, 6.07) is 11.4. The smallest absolute Gasteiger partial charge is 0.355 e. The second-order valence-corrected chi connectivity index (χ2v) is 8.72. The number of nitrogens with one attached hydrogen (secondary N) is 1. The number of pyridine rings is 1. The Kier molecular flexibility index (Phi) is 6.05. The van der Waals surface area contributed by atoms with Crippen LogP contribution in [0, 0.1) is 6.92 Å². The molecule has 30 heavy (non-hydrogen) atoms. The van der Waals surface area contributed by atoms with Gasteiger partial charge < -0.3 is 5.32 Å². The molecular formula is C21H22F3N3O2S. The predicted molar refractivity (Wildman–Crippen MR) is 111 cm³/mol. The molecule has 0 aliphatic carbocycles. The molecule has 1 N–H and O–H groups in total. The largest absolute Gasteiger partial charge is 0.416 e. The van der Waals surface area contributed by atoms with Gasteiger partial charge in [0.2, 0.25) is 10.0 Å². The SMILES string of the molecule is CCN(CC)S(=O)(=O)c1ccc(Nc2cc(C)nc3cc(C(F)(F)F)ccc23)cc1. The molecule has 3 rings (SSSR count). The van der Waals surface area contributed by atoms with E-state index >= 15 is 0 Å². The van der Waals surface area contributed by atoms with Gasteiger partial charge in [-0.1, -0.05) is 19.9 Å². The maximum absolute atomic E-state index is 13.0. The molecule has 160 valence electrons. The van der Waals surface area contributed by atoms with E-state index in [1.165, 1.54) is 22.5 Å². The van der Waals surface area contributed by atoms with E-state index in [1.54, 1.807) is 39.0 Å². The number of alkyl halides is 3. The van der Waals surface area contributed by atoms with Gasteiger partial charge >= 0.3 is 6.18 Å². The van der Waals surface area contributed by atoms with Gasteiger partial charge in [0, 0.05) is 35.5 Å². The standard InChI is InChI=1S/C21H22F3N3O2S/c1-4-27(5-2)30(28,29)17-9-7-16(8-10-17)26-19-12-14(3)25-20-13-15(21(22,23)24)6-11-18(19)20/h6-13H,4-5H2,1-3H3,(H,25,26). The Hall–Kier alpha value is -2.65. The Morgan fingerprint density at radius 3 is 2.20 bits per heavy atom. The van der Waals surface area contributed by atoms with Gasteiger partial charge in [-0.05, 0) is 49.4 Å². The number of aryl methyl sites for hydroxylation is 1. The van der Waals surface area contributed by atoms with Crippen molar-refractivity contribution >= 4 is 32.3 Å². The maximum atomic E-state index is 13.0. The van der Waals surface area contributed by atoms with E-state index < -0.39 is 21.8 Å². The average Bonchev–Trinajstić information content (AvgIpc) is 2.68. The van der Waals surface area contributed by atoms with Crippen molar-refractivity contribution in [1.29, 1.82) is 0 Å². The zero-order valence-electron chi connectivity index (χ0n) is 16.8. The lowest BCUT2D eigenvalue weighted by Crippen LogP contribution is -2.30. The maximum Gasteiger partial charge on any atom is 0.416 e. The molecule has 0 spiro atoms. The molecule has 0 aliphatic rings. The highest BCUT2D eigenvalue weighted by molar-refractivity contribution is 7.89. The van der Waals surface area contributed by atoms with Crippen molar-refractivity contribution < 1.29 is 21.6 Å². The highest BCUT2D eigenvalue weighted by Gasteiger charge is 2.30. The molecule has 3 aromatic rings. The average molecular weight is 437 g/mol. The predicted octanol–water partition coefficient (Wildman–Crippen LogP) is 5.34. The minimum atomic E-state index is -4.45. The van der Waals surface area contributed by atoms with E-state index in [2.05, 4.69) is 10.3 Å². The summed E-state index contributed by atoms with van der Waals surface area (Å²) in [5, 5.41) is 3.69. The molecule has 0 fully saturated rings. The van der Waals surface area contributed by atoms with E-state index in [0.29, 0.717) is 35.5 Å². The van der Waals surface area contributed by atoms with E-state index in [1.807, 2.05) is 0 Å². The van der Waals surface area contributed by atoms with Gasteiger partial charge in [0.25, 0.3) is 0 Å². The van der Waals surface area contributed by atoms with Crippen LogP contribution in [0.1, 0.15) is 25.1 Å². The fourth-order valence-corrected chi connectivity index (χ4v) is 4.68. The number of sulfonamides is 1. The highest BCUT2D eigenvalue weighted by atomic mass is 32.2. The van der Waals surface area contributed by atoms with Gasteiger partial charge in [0.05, 0.1) is 16.0 Å². The molecule has 0 amide bonds. The Labute approximate surface area is 173 Å². The summed E-state index contributed by atoms with van der Waals surface area (Å²) in [4.78, 5) is 4.39. The number of benzene rings is 2. The van der Waals surface area contributed by atoms with Crippen molar-refractivity contribution in [3.63, 3.8) is 0 Å². The molecule has 0 unspecified atom stereocenters. The van der Waals surface area contributed by atoms with Crippen LogP contribution in [0.4, 0.5) is 24.5 Å². The first kappa shape index (κ1) is 22.0. The van der Waals surface area contributed by atoms with Crippen molar-refractivity contribution in [2.45, 2.75) is 31.8 Å². The minimum Gasteiger partial charge on any atom is -0.355 e. The fraction of sp³-hybridized carbons (Fsp3) is 0.286. The Balaban J connectivity index is 1.95. The number of hydrogen-bond donors (Lipinski definition) is 1. The molecule has 0 atom stereocenters. The minimum absolute atomic E-state index is 0.183. The van der Waals surface area contributed by atoms with Crippen molar-refractivity contribution in [3.8, 4) is 0 Å². The number of nitrogens with zero attached hydrogens (tertiary/aromatic N) is 2. The quantitative estimate of drug-likeness (QED) is 0.566. The van der Waals surface area contributed by atoms with Crippen LogP contribution in [0.15, 0.2) is 53.4 Å². The van der Waals surface area contributed by atoms with Crippen molar-refractivity contribution in [1.82, 2.24) is 9.29 Å². The summed E-state index contributed by atoms with van der Waals surface area (Å²) in [5.41, 5.74) is 1.23. The van der Waals surface area contributed by atoms with Gasteiger partial charge in [-0.25, -0.2) is 8.42 Å². The number of fused-ring (bicyclic) bond motifs is 1. The van der Waals surface area contributed by atoms with Gasteiger partial charge in [-0.3, -0.25) is 4.98 Å². The Morgan fingerprint density at radius 2 is 1.63 bits per heavy atom.